The van der Waals surface area contributed by atoms with Crippen LogP contribution in [0.3, 0.4) is 0 Å². The first kappa shape index (κ1) is 9.71. The number of rotatable bonds is 2. The van der Waals surface area contributed by atoms with Crippen LogP contribution in [0, 0.1) is 0 Å². The van der Waals surface area contributed by atoms with Crippen molar-refractivity contribution in [3.8, 4) is 0 Å². The Bertz CT molecular complexity index is 126. The molecule has 2 nitrogen and oxygen atoms in total. The van der Waals surface area contributed by atoms with Gasteiger partial charge in [0.15, 0.2) is 5.79 Å². The SMILES string of the molecule is COC1(OC)CCSC(S)C1. The zero-order valence-corrected chi connectivity index (χ0v) is 8.58. The maximum absolute atomic E-state index is 5.31. The normalized spacial score (nSPS) is 30.3. The Balaban J connectivity index is 2.52. The standard InChI is InChI=1S/C7H14O2S2/c1-8-7(9-2)3-4-11-6(10)5-7/h6,10H,3-5H2,1-2H3. The van der Waals surface area contributed by atoms with Gasteiger partial charge in [-0.1, -0.05) is 0 Å². The van der Waals surface area contributed by atoms with Crippen LogP contribution < -0.4 is 0 Å². The maximum atomic E-state index is 5.31. The molecule has 1 rings (SSSR count). The van der Waals surface area contributed by atoms with E-state index >= 15 is 0 Å². The van der Waals surface area contributed by atoms with Gasteiger partial charge in [0, 0.05) is 27.1 Å². The van der Waals surface area contributed by atoms with Crippen LogP contribution in [0.25, 0.3) is 0 Å². The Morgan fingerprint density at radius 3 is 2.45 bits per heavy atom. The lowest BCUT2D eigenvalue weighted by Crippen LogP contribution is -2.39. The zero-order chi connectivity index (χ0) is 8.32. The van der Waals surface area contributed by atoms with Crippen LogP contribution in [0.1, 0.15) is 12.8 Å². The number of hydrogen-bond acceptors (Lipinski definition) is 4. The summed E-state index contributed by atoms with van der Waals surface area (Å²) < 4.78 is 11.0. The highest BCUT2D eigenvalue weighted by Crippen LogP contribution is 2.36. The molecule has 0 radical (unpaired) electrons. The number of ether oxygens (including phenoxy) is 2. The van der Waals surface area contributed by atoms with E-state index < -0.39 is 0 Å². The Morgan fingerprint density at radius 1 is 1.45 bits per heavy atom. The van der Waals surface area contributed by atoms with E-state index in [0.717, 1.165) is 18.6 Å². The molecular formula is C7H14O2S2. The summed E-state index contributed by atoms with van der Waals surface area (Å²) >= 11 is 6.24. The molecule has 0 aromatic rings. The van der Waals surface area contributed by atoms with Gasteiger partial charge in [-0.2, -0.15) is 12.6 Å². The molecule has 0 N–H and O–H groups in total. The molecule has 1 saturated heterocycles. The fourth-order valence-electron chi connectivity index (χ4n) is 1.23. The summed E-state index contributed by atoms with van der Waals surface area (Å²) in [6.45, 7) is 0. The maximum Gasteiger partial charge on any atom is 0.170 e. The second-order valence-corrected chi connectivity index (χ2v) is 4.88. The van der Waals surface area contributed by atoms with Crippen LogP contribution in [0.5, 0.6) is 0 Å². The second-order valence-electron chi connectivity index (χ2n) is 2.60. The van der Waals surface area contributed by atoms with Gasteiger partial charge in [-0.15, -0.1) is 11.8 Å². The monoisotopic (exact) mass is 194 g/mol. The number of thiol groups is 1. The highest BCUT2D eigenvalue weighted by atomic mass is 32.2. The van der Waals surface area contributed by atoms with E-state index in [1.54, 1.807) is 14.2 Å². The van der Waals surface area contributed by atoms with E-state index in [4.69, 9.17) is 9.47 Å². The summed E-state index contributed by atoms with van der Waals surface area (Å²) in [6.07, 6.45) is 1.83. The average Bonchev–Trinajstić information content (AvgIpc) is 2.04. The molecule has 0 aromatic heterocycles. The molecule has 1 aliphatic rings. The van der Waals surface area contributed by atoms with Crippen LogP contribution in [-0.4, -0.2) is 30.3 Å². The molecule has 1 heterocycles. The summed E-state index contributed by atoms with van der Waals surface area (Å²) in [7, 11) is 3.39. The third-order valence-corrected chi connectivity index (χ3v) is 3.64. The summed E-state index contributed by atoms with van der Waals surface area (Å²) in [6, 6.07) is 0. The zero-order valence-electron chi connectivity index (χ0n) is 6.87. The van der Waals surface area contributed by atoms with Gasteiger partial charge in [-0.05, 0) is 5.75 Å². The average molecular weight is 194 g/mol. The Morgan fingerprint density at radius 2 is 2.09 bits per heavy atom. The molecule has 11 heavy (non-hydrogen) atoms. The first-order chi connectivity index (χ1) is 5.22. The molecule has 0 aromatic carbocycles. The fourth-order valence-corrected chi connectivity index (χ4v) is 2.90. The highest BCUT2D eigenvalue weighted by Gasteiger charge is 2.35. The van der Waals surface area contributed by atoms with E-state index in [1.165, 1.54) is 0 Å². The minimum atomic E-state index is -0.363. The first-order valence-corrected chi connectivity index (χ1v) is 5.19. The summed E-state index contributed by atoms with van der Waals surface area (Å²) in [5.74, 6) is 0.702. The number of hydrogen-bond donors (Lipinski definition) is 1. The largest absolute Gasteiger partial charge is 0.353 e. The van der Waals surface area contributed by atoms with Gasteiger partial charge in [0.25, 0.3) is 0 Å². The van der Waals surface area contributed by atoms with Crippen molar-refractivity contribution in [3.63, 3.8) is 0 Å². The Hall–Kier alpha value is 0.620. The summed E-state index contributed by atoms with van der Waals surface area (Å²) in [5, 5.41) is 0. The topological polar surface area (TPSA) is 18.5 Å². The van der Waals surface area contributed by atoms with E-state index in [-0.39, 0.29) is 5.79 Å². The van der Waals surface area contributed by atoms with Crippen LogP contribution >= 0.6 is 24.4 Å². The minimum absolute atomic E-state index is 0.351. The molecule has 0 bridgehead atoms. The van der Waals surface area contributed by atoms with E-state index in [2.05, 4.69) is 12.6 Å². The lowest BCUT2D eigenvalue weighted by Gasteiger charge is -2.36. The summed E-state index contributed by atoms with van der Waals surface area (Å²) in [5.41, 5.74) is 0. The van der Waals surface area contributed by atoms with Crippen LogP contribution in [0.15, 0.2) is 0 Å². The van der Waals surface area contributed by atoms with Crippen molar-refractivity contribution in [1.29, 1.82) is 0 Å². The predicted octanol–water partition coefficient (Wildman–Crippen LogP) is 1.76. The van der Waals surface area contributed by atoms with E-state index in [0.29, 0.717) is 4.58 Å². The van der Waals surface area contributed by atoms with Gasteiger partial charge in [0.05, 0.1) is 4.58 Å². The molecule has 66 valence electrons. The molecular weight excluding hydrogens is 180 g/mol. The molecule has 1 atom stereocenters. The molecule has 1 fully saturated rings. The van der Waals surface area contributed by atoms with E-state index in [1.807, 2.05) is 11.8 Å². The summed E-state index contributed by atoms with van der Waals surface area (Å²) in [4.78, 5) is 0. The van der Waals surface area contributed by atoms with Crippen molar-refractivity contribution < 1.29 is 9.47 Å². The second kappa shape index (κ2) is 4.03. The van der Waals surface area contributed by atoms with Crippen molar-refractivity contribution in [2.24, 2.45) is 0 Å². The molecule has 1 unspecified atom stereocenters. The predicted molar refractivity (Wildman–Crippen MR) is 51.2 cm³/mol. The lowest BCUT2D eigenvalue weighted by molar-refractivity contribution is -0.210. The van der Waals surface area contributed by atoms with Gasteiger partial charge in [0.1, 0.15) is 0 Å². The third kappa shape index (κ3) is 2.28. The fraction of sp³-hybridized carbons (Fsp3) is 1.00. The number of thioether (sulfide) groups is 1. The molecule has 4 heteroatoms. The molecule has 0 amide bonds. The molecule has 0 saturated carbocycles. The van der Waals surface area contributed by atoms with Crippen LogP contribution in [-0.2, 0) is 9.47 Å². The van der Waals surface area contributed by atoms with Crippen LogP contribution in [0.2, 0.25) is 0 Å². The van der Waals surface area contributed by atoms with Gasteiger partial charge in [0.2, 0.25) is 0 Å². The highest BCUT2D eigenvalue weighted by molar-refractivity contribution is 8.10. The van der Waals surface area contributed by atoms with Crippen molar-refractivity contribution in [1.82, 2.24) is 0 Å². The van der Waals surface area contributed by atoms with Crippen LogP contribution in [0.4, 0.5) is 0 Å². The van der Waals surface area contributed by atoms with E-state index in [9.17, 15) is 0 Å². The van der Waals surface area contributed by atoms with Gasteiger partial charge >= 0.3 is 0 Å². The van der Waals surface area contributed by atoms with Gasteiger partial charge in [-0.25, -0.2) is 0 Å². The third-order valence-electron chi connectivity index (χ3n) is 2.02. The molecule has 0 aliphatic carbocycles. The molecule has 0 spiro atoms. The van der Waals surface area contributed by atoms with Crippen molar-refractivity contribution in [3.05, 3.63) is 0 Å². The van der Waals surface area contributed by atoms with Crippen molar-refractivity contribution in [2.45, 2.75) is 23.2 Å². The lowest BCUT2D eigenvalue weighted by atomic mass is 10.1. The molecule has 1 aliphatic heterocycles. The van der Waals surface area contributed by atoms with Gasteiger partial charge < -0.3 is 9.47 Å². The smallest absolute Gasteiger partial charge is 0.170 e. The van der Waals surface area contributed by atoms with Gasteiger partial charge in [-0.3, -0.25) is 0 Å². The minimum Gasteiger partial charge on any atom is -0.353 e. The first-order valence-electron chi connectivity index (χ1n) is 3.62. The quantitative estimate of drug-likeness (QED) is 0.534. The van der Waals surface area contributed by atoms with Crippen molar-refractivity contribution >= 4 is 24.4 Å². The number of methoxy groups -OCH3 is 2. The Labute approximate surface area is 77.4 Å². The Kier molecular flexibility index (Phi) is 3.55. The van der Waals surface area contributed by atoms with Crippen molar-refractivity contribution in [2.75, 3.05) is 20.0 Å².